The molecule has 0 saturated heterocycles. The van der Waals surface area contributed by atoms with E-state index in [1.54, 1.807) is 12.0 Å². The van der Waals surface area contributed by atoms with Crippen LogP contribution >= 0.6 is 11.8 Å². The number of fused-ring (bicyclic) bond motifs is 1. The molecule has 7 nitrogen and oxygen atoms in total. The molecule has 188 valence electrons. The van der Waals surface area contributed by atoms with E-state index in [1.807, 2.05) is 61.5 Å². The summed E-state index contributed by atoms with van der Waals surface area (Å²) in [6, 6.07) is 13.5. The van der Waals surface area contributed by atoms with E-state index >= 15 is 0 Å². The molecule has 0 spiro atoms. The molecule has 1 fully saturated rings. The summed E-state index contributed by atoms with van der Waals surface area (Å²) in [6.45, 7) is 2.50. The van der Waals surface area contributed by atoms with E-state index in [9.17, 15) is 9.59 Å². The largest absolute Gasteiger partial charge is 0.497 e. The van der Waals surface area contributed by atoms with Gasteiger partial charge in [0, 0.05) is 24.9 Å². The third-order valence-corrected chi connectivity index (χ3v) is 7.73. The minimum absolute atomic E-state index is 0.224. The summed E-state index contributed by atoms with van der Waals surface area (Å²) in [5, 5.41) is -0.415. The molecule has 4 rings (SSSR count). The molecular weight excluding hydrogens is 464 g/mol. The number of hydrogen-bond donors (Lipinski definition) is 0. The lowest BCUT2D eigenvalue weighted by Gasteiger charge is -2.28. The minimum atomic E-state index is -0.959. The van der Waals surface area contributed by atoms with Gasteiger partial charge in [-0.2, -0.15) is 0 Å². The molecule has 1 saturated carbocycles. The Kier molecular flexibility index (Phi) is 8.23. The van der Waals surface area contributed by atoms with Crippen molar-refractivity contribution in [2.75, 3.05) is 39.2 Å². The van der Waals surface area contributed by atoms with Gasteiger partial charge in [-0.3, -0.25) is 9.59 Å². The normalized spacial score (nSPS) is 20.5. The van der Waals surface area contributed by atoms with E-state index in [0.717, 1.165) is 40.5 Å². The van der Waals surface area contributed by atoms with Crippen molar-refractivity contribution in [2.45, 2.75) is 55.0 Å². The summed E-state index contributed by atoms with van der Waals surface area (Å²) < 4.78 is 17.3. The lowest BCUT2D eigenvalue weighted by molar-refractivity contribution is -0.152. The van der Waals surface area contributed by atoms with E-state index in [4.69, 9.17) is 14.2 Å². The van der Waals surface area contributed by atoms with Crippen LogP contribution in [0.3, 0.4) is 0 Å². The smallest absolute Gasteiger partial charge is 0.303 e. The van der Waals surface area contributed by atoms with Crippen LogP contribution in [0.15, 0.2) is 47.4 Å². The van der Waals surface area contributed by atoms with Gasteiger partial charge in [0.15, 0.2) is 6.10 Å². The van der Waals surface area contributed by atoms with Crippen molar-refractivity contribution in [1.29, 1.82) is 0 Å². The highest BCUT2D eigenvalue weighted by Crippen LogP contribution is 2.48. The monoisotopic (exact) mass is 498 g/mol. The van der Waals surface area contributed by atoms with Gasteiger partial charge in [0.05, 0.1) is 24.2 Å². The fourth-order valence-electron chi connectivity index (χ4n) is 4.54. The fraction of sp³-hybridized carbons (Fsp3) is 0.481. The SMILES string of the molecule is COc1ccc([C@@H]2Sc3cc(OC4CCCC4)ccc3N(CCN(C)C)C(=O)[C@@H]2OC(C)=O)cc1. The number of thioether (sulfide) groups is 1. The van der Waals surface area contributed by atoms with Crippen LogP contribution in [0, 0.1) is 0 Å². The third kappa shape index (κ3) is 6.11. The molecule has 2 aromatic carbocycles. The summed E-state index contributed by atoms with van der Waals surface area (Å²) in [4.78, 5) is 30.7. The highest BCUT2D eigenvalue weighted by atomic mass is 32.2. The fourth-order valence-corrected chi connectivity index (χ4v) is 5.89. The molecule has 0 radical (unpaired) electrons. The van der Waals surface area contributed by atoms with Gasteiger partial charge < -0.3 is 24.0 Å². The molecular formula is C27H34N2O5S. The van der Waals surface area contributed by atoms with Crippen molar-refractivity contribution in [2.24, 2.45) is 0 Å². The number of esters is 1. The molecule has 1 heterocycles. The van der Waals surface area contributed by atoms with Crippen LogP contribution < -0.4 is 14.4 Å². The van der Waals surface area contributed by atoms with Gasteiger partial charge in [-0.15, -0.1) is 11.8 Å². The Hall–Kier alpha value is -2.71. The van der Waals surface area contributed by atoms with E-state index in [1.165, 1.54) is 31.5 Å². The molecule has 1 aliphatic carbocycles. The maximum absolute atomic E-state index is 13.9. The molecule has 1 aliphatic heterocycles. The molecule has 1 amide bonds. The van der Waals surface area contributed by atoms with Gasteiger partial charge in [-0.25, -0.2) is 0 Å². The molecule has 0 N–H and O–H groups in total. The van der Waals surface area contributed by atoms with Crippen LogP contribution in [-0.4, -0.2) is 63.3 Å². The third-order valence-electron chi connectivity index (χ3n) is 6.37. The number of ether oxygens (including phenoxy) is 3. The number of likely N-dealkylation sites (N-methyl/N-ethyl adjacent to an activating group) is 1. The molecule has 2 atom stereocenters. The lowest BCUT2D eigenvalue weighted by atomic mass is 10.1. The van der Waals surface area contributed by atoms with Crippen molar-refractivity contribution in [3.8, 4) is 11.5 Å². The number of amides is 1. The highest BCUT2D eigenvalue weighted by molar-refractivity contribution is 7.99. The maximum atomic E-state index is 13.9. The quantitative estimate of drug-likeness (QED) is 0.489. The standard InChI is InChI=1S/C27H34N2O5S/c1-18(30)33-25-26(19-9-11-20(32-4)12-10-19)35-24-17-22(34-21-7-5-6-8-21)13-14-23(24)29(27(25)31)16-15-28(2)3/h9-14,17,21,25-26H,5-8,15-16H2,1-4H3/t25-,26+/m1/s1. The number of benzene rings is 2. The van der Waals surface area contributed by atoms with Crippen molar-refractivity contribution in [3.05, 3.63) is 48.0 Å². The average molecular weight is 499 g/mol. The van der Waals surface area contributed by atoms with Crippen molar-refractivity contribution >= 4 is 29.3 Å². The van der Waals surface area contributed by atoms with Crippen LogP contribution in [0.1, 0.15) is 43.4 Å². The molecule has 8 heteroatoms. The number of anilines is 1. The summed E-state index contributed by atoms with van der Waals surface area (Å²) in [5.74, 6) is 0.829. The zero-order chi connectivity index (χ0) is 24.9. The first-order valence-corrected chi connectivity index (χ1v) is 13.0. The molecule has 2 aromatic rings. The summed E-state index contributed by atoms with van der Waals surface area (Å²) in [5.41, 5.74) is 1.70. The van der Waals surface area contributed by atoms with Crippen LogP contribution in [0.4, 0.5) is 5.69 Å². The van der Waals surface area contributed by atoms with Gasteiger partial charge in [0.25, 0.3) is 5.91 Å². The molecule has 0 aromatic heterocycles. The Labute approximate surface area is 211 Å². The summed E-state index contributed by atoms with van der Waals surface area (Å²) in [7, 11) is 5.56. The first-order chi connectivity index (χ1) is 16.9. The Balaban J connectivity index is 1.75. The van der Waals surface area contributed by atoms with Crippen LogP contribution in [0.5, 0.6) is 11.5 Å². The molecule has 2 aliphatic rings. The summed E-state index contributed by atoms with van der Waals surface area (Å²) in [6.07, 6.45) is 3.81. The van der Waals surface area contributed by atoms with Crippen molar-refractivity contribution in [3.63, 3.8) is 0 Å². The van der Waals surface area contributed by atoms with Crippen molar-refractivity contribution in [1.82, 2.24) is 4.90 Å². The second-order valence-corrected chi connectivity index (χ2v) is 10.5. The second kappa shape index (κ2) is 11.4. The van der Waals surface area contributed by atoms with E-state index in [2.05, 4.69) is 0 Å². The van der Waals surface area contributed by atoms with Crippen LogP contribution in [0.25, 0.3) is 0 Å². The number of carbonyl (C=O) groups excluding carboxylic acids is 2. The Morgan fingerprint density at radius 2 is 1.77 bits per heavy atom. The number of rotatable bonds is 8. The number of methoxy groups -OCH3 is 1. The maximum Gasteiger partial charge on any atom is 0.303 e. The molecule has 35 heavy (non-hydrogen) atoms. The van der Waals surface area contributed by atoms with Crippen molar-refractivity contribution < 1.29 is 23.8 Å². The number of hydrogen-bond acceptors (Lipinski definition) is 7. The van der Waals surface area contributed by atoms with Gasteiger partial charge in [-0.05, 0) is 75.7 Å². The van der Waals surface area contributed by atoms with Gasteiger partial charge >= 0.3 is 5.97 Å². The van der Waals surface area contributed by atoms with E-state index in [-0.39, 0.29) is 12.0 Å². The lowest BCUT2D eigenvalue weighted by Crippen LogP contribution is -2.45. The van der Waals surface area contributed by atoms with Gasteiger partial charge in [0.1, 0.15) is 11.5 Å². The second-order valence-electron chi connectivity index (χ2n) is 9.29. The van der Waals surface area contributed by atoms with Gasteiger partial charge in [-0.1, -0.05) is 12.1 Å². The number of carbonyl (C=O) groups is 2. The minimum Gasteiger partial charge on any atom is -0.497 e. The predicted molar refractivity (Wildman–Crippen MR) is 137 cm³/mol. The van der Waals surface area contributed by atoms with E-state index in [0.29, 0.717) is 13.1 Å². The molecule has 0 unspecified atom stereocenters. The van der Waals surface area contributed by atoms with Crippen LogP contribution in [-0.2, 0) is 14.3 Å². The summed E-state index contributed by atoms with van der Waals surface area (Å²) >= 11 is 1.53. The number of nitrogens with zero attached hydrogens (tertiary/aromatic N) is 2. The average Bonchev–Trinajstić information content (AvgIpc) is 3.31. The van der Waals surface area contributed by atoms with Gasteiger partial charge in [0.2, 0.25) is 0 Å². The Morgan fingerprint density at radius 3 is 2.40 bits per heavy atom. The Morgan fingerprint density at radius 1 is 1.09 bits per heavy atom. The van der Waals surface area contributed by atoms with E-state index < -0.39 is 17.3 Å². The predicted octanol–water partition coefficient (Wildman–Crippen LogP) is 4.69. The van der Waals surface area contributed by atoms with Crippen LogP contribution in [0.2, 0.25) is 0 Å². The zero-order valence-corrected chi connectivity index (χ0v) is 21.7. The topological polar surface area (TPSA) is 68.3 Å². The highest BCUT2D eigenvalue weighted by Gasteiger charge is 2.41. The zero-order valence-electron chi connectivity index (χ0n) is 20.9. The first kappa shape index (κ1) is 25.4. The first-order valence-electron chi connectivity index (χ1n) is 12.1. The Bertz CT molecular complexity index is 1040. The molecule has 0 bridgehead atoms.